The molecular weight excluding hydrogens is 306 g/mol. The second kappa shape index (κ2) is 7.01. The minimum Gasteiger partial charge on any atom is -0.463 e. The van der Waals surface area contributed by atoms with E-state index in [0.717, 1.165) is 5.56 Å². The number of carbonyl (C=O) groups excluding carboxylic acids is 1. The van der Waals surface area contributed by atoms with Crippen LogP contribution in [0.5, 0.6) is 0 Å². The molecule has 0 radical (unpaired) electrons. The van der Waals surface area contributed by atoms with Crippen molar-refractivity contribution in [3.63, 3.8) is 0 Å². The van der Waals surface area contributed by atoms with Gasteiger partial charge < -0.3 is 4.42 Å². The number of rotatable bonds is 6. The second-order valence-electron chi connectivity index (χ2n) is 4.45. The average Bonchev–Trinajstić information content (AvgIpc) is 2.99. The fourth-order valence-electron chi connectivity index (χ4n) is 1.53. The molecule has 0 spiro atoms. The van der Waals surface area contributed by atoms with Gasteiger partial charge in [-0.05, 0) is 31.2 Å². The number of aryl methyl sites for hydroxylation is 1. The van der Waals surface area contributed by atoms with E-state index < -0.39 is 22.5 Å². The maximum atomic E-state index is 12.0. The van der Waals surface area contributed by atoms with E-state index in [1.165, 1.54) is 24.6 Å². The fraction of sp³-hybridized carbons (Fsp3) is 0.143. The smallest absolute Gasteiger partial charge is 0.255 e. The Morgan fingerprint density at radius 1 is 1.27 bits per heavy atom. The van der Waals surface area contributed by atoms with E-state index in [2.05, 4.69) is 15.2 Å². The molecule has 0 saturated carbocycles. The lowest BCUT2D eigenvalue weighted by Crippen LogP contribution is -2.34. The molecule has 2 N–H and O–H groups in total. The Labute approximate surface area is 128 Å². The van der Waals surface area contributed by atoms with Crippen LogP contribution < -0.4 is 10.1 Å². The van der Waals surface area contributed by atoms with E-state index in [0.29, 0.717) is 5.76 Å². The normalized spacial score (nSPS) is 11.7. The number of hydrogen-bond donors (Lipinski definition) is 2. The van der Waals surface area contributed by atoms with Gasteiger partial charge in [0.05, 0.1) is 23.9 Å². The van der Waals surface area contributed by atoms with Gasteiger partial charge >= 0.3 is 0 Å². The van der Waals surface area contributed by atoms with Crippen molar-refractivity contribution < 1.29 is 17.6 Å². The maximum Gasteiger partial charge on any atom is 0.255 e. The van der Waals surface area contributed by atoms with Gasteiger partial charge in [-0.15, -0.1) is 0 Å². The number of nitrogens with one attached hydrogen (secondary N) is 2. The van der Waals surface area contributed by atoms with E-state index in [1.807, 2.05) is 6.92 Å². The zero-order chi connectivity index (χ0) is 16.0. The highest BCUT2D eigenvalue weighted by molar-refractivity contribution is 7.89. The van der Waals surface area contributed by atoms with Crippen molar-refractivity contribution in [1.29, 1.82) is 0 Å². The molecular formula is C14H15N3O4S. The highest BCUT2D eigenvalue weighted by Gasteiger charge is 2.14. The molecule has 0 unspecified atom stereocenters. The minimum atomic E-state index is -3.72. The lowest BCUT2D eigenvalue weighted by molar-refractivity contribution is -0.119. The molecule has 7 nitrogen and oxygen atoms in total. The average molecular weight is 321 g/mol. The summed E-state index contributed by atoms with van der Waals surface area (Å²) >= 11 is 0. The Morgan fingerprint density at radius 3 is 2.64 bits per heavy atom. The Morgan fingerprint density at radius 2 is 2.00 bits per heavy atom. The fourth-order valence-corrected chi connectivity index (χ4v) is 2.52. The summed E-state index contributed by atoms with van der Waals surface area (Å²) in [5.74, 6) is -0.112. The predicted octanol–water partition coefficient (Wildman–Crippen LogP) is 1.02. The lowest BCUT2D eigenvalue weighted by Gasteiger charge is -2.06. The van der Waals surface area contributed by atoms with Crippen molar-refractivity contribution in [2.75, 3.05) is 6.54 Å². The van der Waals surface area contributed by atoms with Crippen LogP contribution in [0, 0.1) is 6.92 Å². The number of sulfonamides is 1. The second-order valence-corrected chi connectivity index (χ2v) is 6.21. The Kier molecular flexibility index (Phi) is 5.08. The summed E-state index contributed by atoms with van der Waals surface area (Å²) in [4.78, 5) is 11.6. The van der Waals surface area contributed by atoms with E-state index in [4.69, 9.17) is 4.42 Å². The maximum absolute atomic E-state index is 12.0. The van der Waals surface area contributed by atoms with Gasteiger partial charge in [0.15, 0.2) is 0 Å². The van der Waals surface area contributed by atoms with Crippen molar-refractivity contribution >= 4 is 22.1 Å². The molecule has 0 aliphatic carbocycles. The van der Waals surface area contributed by atoms with Crippen molar-refractivity contribution in [3.05, 3.63) is 54.0 Å². The van der Waals surface area contributed by atoms with Crippen LogP contribution in [-0.4, -0.2) is 27.1 Å². The largest absolute Gasteiger partial charge is 0.463 e. The number of amides is 1. The van der Waals surface area contributed by atoms with E-state index in [1.54, 1.807) is 24.3 Å². The van der Waals surface area contributed by atoms with Crippen LogP contribution in [0.3, 0.4) is 0 Å². The summed E-state index contributed by atoms with van der Waals surface area (Å²) < 4.78 is 31.1. The Balaban J connectivity index is 1.86. The van der Waals surface area contributed by atoms with E-state index in [-0.39, 0.29) is 4.90 Å². The van der Waals surface area contributed by atoms with Gasteiger partial charge in [-0.1, -0.05) is 17.7 Å². The quantitative estimate of drug-likeness (QED) is 0.612. The SMILES string of the molecule is Cc1ccc(S(=O)(=O)NCC(=O)N/N=C\c2ccco2)cc1. The van der Waals surface area contributed by atoms with Crippen LogP contribution in [0.25, 0.3) is 0 Å². The van der Waals surface area contributed by atoms with Gasteiger partial charge in [-0.3, -0.25) is 4.79 Å². The molecule has 8 heteroatoms. The number of hydrazone groups is 1. The Bertz CT molecular complexity index is 750. The van der Waals surface area contributed by atoms with E-state index >= 15 is 0 Å². The summed E-state index contributed by atoms with van der Waals surface area (Å²) in [6.45, 7) is 1.44. The van der Waals surface area contributed by atoms with Crippen LogP contribution in [-0.2, 0) is 14.8 Å². The molecule has 1 aromatic heterocycles. The molecule has 116 valence electrons. The number of hydrogen-bond acceptors (Lipinski definition) is 5. The standard InChI is InChI=1S/C14H15N3O4S/c1-11-4-6-13(7-5-11)22(19,20)16-10-14(18)17-15-9-12-3-2-8-21-12/h2-9,16H,10H2,1H3,(H,17,18)/b15-9-. The van der Waals surface area contributed by atoms with Crippen molar-refractivity contribution in [3.8, 4) is 0 Å². The summed E-state index contributed by atoms with van der Waals surface area (Å²) in [6, 6.07) is 9.66. The first kappa shape index (κ1) is 15.9. The van der Waals surface area contributed by atoms with Gasteiger partial charge in [-0.25, -0.2) is 18.6 Å². The van der Waals surface area contributed by atoms with Crippen LogP contribution >= 0.6 is 0 Å². The molecule has 0 bridgehead atoms. The number of nitrogens with zero attached hydrogens (tertiary/aromatic N) is 1. The van der Waals surface area contributed by atoms with Crippen LogP contribution in [0.2, 0.25) is 0 Å². The van der Waals surface area contributed by atoms with Gasteiger partial charge in [-0.2, -0.15) is 5.10 Å². The van der Waals surface area contributed by atoms with Gasteiger partial charge in [0, 0.05) is 0 Å². The van der Waals surface area contributed by atoms with Gasteiger partial charge in [0.1, 0.15) is 5.76 Å². The molecule has 0 aliphatic heterocycles. The zero-order valence-corrected chi connectivity index (χ0v) is 12.6. The van der Waals surface area contributed by atoms with Crippen molar-refractivity contribution in [1.82, 2.24) is 10.1 Å². The van der Waals surface area contributed by atoms with Crippen molar-refractivity contribution in [2.24, 2.45) is 5.10 Å². The first-order valence-electron chi connectivity index (χ1n) is 6.39. The Hall–Kier alpha value is -2.45. The number of benzene rings is 1. The lowest BCUT2D eigenvalue weighted by atomic mass is 10.2. The first-order chi connectivity index (χ1) is 10.5. The highest BCUT2D eigenvalue weighted by atomic mass is 32.2. The van der Waals surface area contributed by atoms with Gasteiger partial charge in [0.25, 0.3) is 5.91 Å². The van der Waals surface area contributed by atoms with E-state index in [9.17, 15) is 13.2 Å². The molecule has 22 heavy (non-hydrogen) atoms. The number of carbonyl (C=O) groups is 1. The zero-order valence-electron chi connectivity index (χ0n) is 11.8. The summed E-state index contributed by atoms with van der Waals surface area (Å²) in [5.41, 5.74) is 3.15. The van der Waals surface area contributed by atoms with Crippen LogP contribution in [0.1, 0.15) is 11.3 Å². The molecule has 0 atom stereocenters. The third-order valence-electron chi connectivity index (χ3n) is 2.68. The first-order valence-corrected chi connectivity index (χ1v) is 7.87. The summed E-state index contributed by atoms with van der Waals surface area (Å²) in [5, 5.41) is 3.65. The molecule has 2 aromatic rings. The third-order valence-corrected chi connectivity index (χ3v) is 4.10. The van der Waals surface area contributed by atoms with Crippen LogP contribution in [0.15, 0.2) is 57.1 Å². The highest BCUT2D eigenvalue weighted by Crippen LogP contribution is 2.09. The molecule has 0 saturated heterocycles. The van der Waals surface area contributed by atoms with Gasteiger partial charge in [0.2, 0.25) is 10.0 Å². The predicted molar refractivity (Wildman–Crippen MR) is 80.8 cm³/mol. The molecule has 0 aliphatic rings. The monoisotopic (exact) mass is 321 g/mol. The minimum absolute atomic E-state index is 0.102. The third kappa shape index (κ3) is 4.54. The molecule has 0 fully saturated rings. The van der Waals surface area contributed by atoms with Crippen molar-refractivity contribution in [2.45, 2.75) is 11.8 Å². The molecule has 1 heterocycles. The number of furan rings is 1. The molecule has 1 amide bonds. The van der Waals surface area contributed by atoms with Crippen LogP contribution in [0.4, 0.5) is 0 Å². The molecule has 1 aromatic carbocycles. The topological polar surface area (TPSA) is 101 Å². The summed E-state index contributed by atoms with van der Waals surface area (Å²) in [7, 11) is -3.72. The molecule has 2 rings (SSSR count). The summed E-state index contributed by atoms with van der Waals surface area (Å²) in [6.07, 6.45) is 2.78.